The number of rotatable bonds is 8. The van der Waals surface area contributed by atoms with E-state index in [1.54, 1.807) is 0 Å². The highest BCUT2D eigenvalue weighted by Crippen LogP contribution is 2.20. The number of hydrogen-bond acceptors (Lipinski definition) is 4. The number of aromatic nitrogens is 2. The summed E-state index contributed by atoms with van der Waals surface area (Å²) in [6.45, 7) is 0.569. The van der Waals surface area contributed by atoms with Gasteiger partial charge in [-0.3, -0.25) is 14.7 Å². The smallest absolute Gasteiger partial charge is 0.305 e. The largest absolute Gasteiger partial charge is 0.469 e. The average molecular weight is 315 g/mol. The van der Waals surface area contributed by atoms with Gasteiger partial charge in [-0.2, -0.15) is 5.10 Å². The van der Waals surface area contributed by atoms with E-state index in [4.69, 9.17) is 0 Å². The number of H-pyrrole nitrogens is 1. The van der Waals surface area contributed by atoms with Crippen LogP contribution in [0.1, 0.15) is 36.0 Å². The van der Waals surface area contributed by atoms with E-state index in [1.807, 2.05) is 30.3 Å². The molecule has 0 aliphatic heterocycles. The molecule has 0 aliphatic carbocycles. The number of hydrogen-bond donors (Lipinski definition) is 2. The summed E-state index contributed by atoms with van der Waals surface area (Å²) in [6, 6.07) is 9.61. The highest BCUT2D eigenvalue weighted by atomic mass is 16.5. The van der Waals surface area contributed by atoms with Crippen molar-refractivity contribution in [2.24, 2.45) is 0 Å². The number of carbonyl (C=O) groups excluding carboxylic acids is 2. The van der Waals surface area contributed by atoms with Crippen molar-refractivity contribution < 1.29 is 14.3 Å². The van der Waals surface area contributed by atoms with Gasteiger partial charge in [0.1, 0.15) is 0 Å². The van der Waals surface area contributed by atoms with Crippen molar-refractivity contribution in [2.45, 2.75) is 25.7 Å². The van der Waals surface area contributed by atoms with Crippen LogP contribution in [-0.4, -0.2) is 35.7 Å². The summed E-state index contributed by atoms with van der Waals surface area (Å²) in [5, 5.41) is 9.72. The van der Waals surface area contributed by atoms with Gasteiger partial charge in [0.2, 0.25) is 0 Å². The first-order chi connectivity index (χ1) is 11.2. The fourth-order valence-electron chi connectivity index (χ4n) is 2.25. The number of methoxy groups -OCH3 is 1. The standard InChI is InChI=1S/C17H21N3O3/c1-23-15(21)10-6-3-7-11-18-17(22)14-12-19-20-16(14)13-8-4-2-5-9-13/h2,4-5,8-9,12H,3,6-7,10-11H2,1H3,(H,18,22)(H,19,20). The maximum Gasteiger partial charge on any atom is 0.305 e. The third-order valence-electron chi connectivity index (χ3n) is 3.52. The van der Waals surface area contributed by atoms with E-state index in [9.17, 15) is 9.59 Å². The molecule has 122 valence electrons. The first-order valence-electron chi connectivity index (χ1n) is 7.66. The fourth-order valence-corrected chi connectivity index (χ4v) is 2.25. The van der Waals surface area contributed by atoms with Crippen LogP contribution in [0.15, 0.2) is 36.5 Å². The second-order valence-electron chi connectivity index (χ2n) is 5.17. The van der Waals surface area contributed by atoms with Crippen molar-refractivity contribution in [1.29, 1.82) is 0 Å². The monoisotopic (exact) mass is 315 g/mol. The van der Waals surface area contributed by atoms with Gasteiger partial charge in [0.15, 0.2) is 0 Å². The maximum atomic E-state index is 12.2. The molecule has 6 heteroatoms. The Hall–Kier alpha value is -2.63. The Morgan fingerprint density at radius 1 is 1.17 bits per heavy atom. The van der Waals surface area contributed by atoms with Gasteiger partial charge in [0.05, 0.1) is 24.6 Å². The van der Waals surface area contributed by atoms with E-state index in [2.05, 4.69) is 20.3 Å². The van der Waals surface area contributed by atoms with Crippen LogP contribution < -0.4 is 5.32 Å². The molecule has 0 fully saturated rings. The molecule has 23 heavy (non-hydrogen) atoms. The van der Waals surface area contributed by atoms with Crippen LogP contribution in [0.4, 0.5) is 0 Å². The van der Waals surface area contributed by atoms with Crippen molar-refractivity contribution in [2.75, 3.05) is 13.7 Å². The number of nitrogens with zero attached hydrogens (tertiary/aromatic N) is 1. The number of amides is 1. The van der Waals surface area contributed by atoms with Crippen LogP contribution in [0.25, 0.3) is 11.3 Å². The molecule has 0 unspecified atom stereocenters. The van der Waals surface area contributed by atoms with E-state index in [0.29, 0.717) is 24.2 Å². The second kappa shape index (κ2) is 8.73. The van der Waals surface area contributed by atoms with Crippen molar-refractivity contribution in [3.63, 3.8) is 0 Å². The van der Waals surface area contributed by atoms with Crippen molar-refractivity contribution in [3.8, 4) is 11.3 Å². The molecule has 0 saturated heterocycles. The molecule has 0 saturated carbocycles. The van der Waals surface area contributed by atoms with Crippen LogP contribution in [0.5, 0.6) is 0 Å². The molecule has 0 aliphatic rings. The van der Waals surface area contributed by atoms with E-state index in [-0.39, 0.29) is 11.9 Å². The molecule has 1 aromatic heterocycles. The van der Waals surface area contributed by atoms with E-state index in [0.717, 1.165) is 24.8 Å². The Bertz CT molecular complexity index is 638. The molecule has 0 atom stereocenters. The lowest BCUT2D eigenvalue weighted by Gasteiger charge is -2.06. The first-order valence-corrected chi connectivity index (χ1v) is 7.66. The highest BCUT2D eigenvalue weighted by Gasteiger charge is 2.14. The van der Waals surface area contributed by atoms with Gasteiger partial charge in [-0.25, -0.2) is 0 Å². The van der Waals surface area contributed by atoms with Crippen LogP contribution in [0.3, 0.4) is 0 Å². The van der Waals surface area contributed by atoms with Gasteiger partial charge in [-0.1, -0.05) is 36.8 Å². The first kappa shape index (κ1) is 16.7. The quantitative estimate of drug-likeness (QED) is 0.579. The molecule has 0 radical (unpaired) electrons. The van der Waals surface area contributed by atoms with E-state index < -0.39 is 0 Å². The van der Waals surface area contributed by atoms with E-state index in [1.165, 1.54) is 13.3 Å². The minimum atomic E-state index is -0.195. The lowest BCUT2D eigenvalue weighted by atomic mass is 10.1. The molecular weight excluding hydrogens is 294 g/mol. The summed E-state index contributed by atoms with van der Waals surface area (Å²) in [4.78, 5) is 23.2. The summed E-state index contributed by atoms with van der Waals surface area (Å²) in [5.41, 5.74) is 2.17. The predicted molar refractivity (Wildman–Crippen MR) is 86.8 cm³/mol. The molecule has 1 heterocycles. The number of ether oxygens (including phenoxy) is 1. The Labute approximate surface area is 135 Å². The Kier molecular flexibility index (Phi) is 6.35. The lowest BCUT2D eigenvalue weighted by molar-refractivity contribution is -0.140. The molecular formula is C17H21N3O3. The summed E-state index contributed by atoms with van der Waals surface area (Å²) < 4.78 is 4.58. The molecule has 1 amide bonds. The number of carbonyl (C=O) groups is 2. The second-order valence-corrected chi connectivity index (χ2v) is 5.17. The minimum Gasteiger partial charge on any atom is -0.469 e. The topological polar surface area (TPSA) is 84.1 Å². The Balaban J connectivity index is 1.79. The molecule has 0 bridgehead atoms. The zero-order valence-electron chi connectivity index (χ0n) is 13.2. The van der Waals surface area contributed by atoms with Crippen LogP contribution in [0.2, 0.25) is 0 Å². The number of nitrogens with one attached hydrogen (secondary N) is 2. The Morgan fingerprint density at radius 3 is 2.70 bits per heavy atom. The van der Waals surface area contributed by atoms with Gasteiger partial charge in [-0.05, 0) is 12.8 Å². The molecule has 6 nitrogen and oxygen atoms in total. The number of unbranched alkanes of at least 4 members (excludes halogenated alkanes) is 2. The summed E-state index contributed by atoms with van der Waals surface area (Å²) in [5.74, 6) is -0.342. The highest BCUT2D eigenvalue weighted by molar-refractivity contribution is 5.99. The summed E-state index contributed by atoms with van der Waals surface area (Å²) >= 11 is 0. The Morgan fingerprint density at radius 2 is 1.96 bits per heavy atom. The average Bonchev–Trinajstić information content (AvgIpc) is 3.08. The fraction of sp³-hybridized carbons (Fsp3) is 0.353. The molecule has 2 aromatic rings. The zero-order chi connectivity index (χ0) is 16.5. The van der Waals surface area contributed by atoms with Crippen molar-refractivity contribution in [1.82, 2.24) is 15.5 Å². The minimum absolute atomic E-state index is 0.148. The molecule has 1 aromatic carbocycles. The van der Waals surface area contributed by atoms with E-state index >= 15 is 0 Å². The maximum absolute atomic E-state index is 12.2. The van der Waals surface area contributed by atoms with Crippen LogP contribution in [0, 0.1) is 0 Å². The van der Waals surface area contributed by atoms with Crippen molar-refractivity contribution >= 4 is 11.9 Å². The lowest BCUT2D eigenvalue weighted by Crippen LogP contribution is -2.24. The summed E-state index contributed by atoms with van der Waals surface area (Å²) in [6.07, 6.45) is 4.41. The molecule has 0 spiro atoms. The van der Waals surface area contributed by atoms with Gasteiger partial charge in [0, 0.05) is 18.5 Å². The SMILES string of the molecule is COC(=O)CCCCCNC(=O)c1cn[nH]c1-c1ccccc1. The third kappa shape index (κ3) is 4.95. The van der Waals surface area contributed by atoms with Crippen molar-refractivity contribution in [3.05, 3.63) is 42.1 Å². The normalized spacial score (nSPS) is 10.3. The van der Waals surface area contributed by atoms with Crippen LogP contribution >= 0.6 is 0 Å². The number of aromatic amines is 1. The van der Waals surface area contributed by atoms with Gasteiger partial charge in [-0.15, -0.1) is 0 Å². The van der Waals surface area contributed by atoms with Crippen LogP contribution in [-0.2, 0) is 9.53 Å². The summed E-state index contributed by atoms with van der Waals surface area (Å²) in [7, 11) is 1.39. The molecule has 2 N–H and O–H groups in total. The number of esters is 1. The van der Waals surface area contributed by atoms with Gasteiger partial charge < -0.3 is 10.1 Å². The van der Waals surface area contributed by atoms with Gasteiger partial charge >= 0.3 is 5.97 Å². The third-order valence-corrected chi connectivity index (χ3v) is 3.52. The molecule has 2 rings (SSSR count). The number of benzene rings is 1. The predicted octanol–water partition coefficient (Wildman–Crippen LogP) is 2.54. The van der Waals surface area contributed by atoms with Gasteiger partial charge in [0.25, 0.3) is 5.91 Å². The zero-order valence-corrected chi connectivity index (χ0v) is 13.2.